The normalized spacial score (nSPS) is 9.80. The summed E-state index contributed by atoms with van der Waals surface area (Å²) in [5, 5.41) is 8.94. The lowest BCUT2D eigenvalue weighted by Gasteiger charge is -1.96. The summed E-state index contributed by atoms with van der Waals surface area (Å²) in [6, 6.07) is 1.51. The zero-order valence-corrected chi connectivity index (χ0v) is 6.47. The van der Waals surface area contributed by atoms with Crippen molar-refractivity contribution in [1.29, 1.82) is 0 Å². The van der Waals surface area contributed by atoms with Crippen molar-refractivity contribution < 1.29 is 5.11 Å². The Labute approximate surface area is 64.5 Å². The van der Waals surface area contributed by atoms with Crippen LogP contribution < -0.4 is 0 Å². The molecule has 1 aromatic heterocycles. The molecule has 1 heterocycles. The summed E-state index contributed by atoms with van der Waals surface area (Å²) in [5.74, 6) is 1.02. The summed E-state index contributed by atoms with van der Waals surface area (Å²) < 4.78 is 0. The maximum atomic E-state index is 8.94. The fourth-order valence-corrected chi connectivity index (χ4v) is 0.824. The van der Waals surface area contributed by atoms with Crippen LogP contribution in [-0.4, -0.2) is 15.1 Å². The van der Waals surface area contributed by atoms with Crippen molar-refractivity contribution in [2.45, 2.75) is 12.7 Å². The van der Waals surface area contributed by atoms with E-state index < -0.39 is 0 Å². The molecule has 0 aliphatic rings. The Balaban J connectivity index is 3.06. The maximum Gasteiger partial charge on any atom is 0.214 e. The van der Waals surface area contributed by atoms with E-state index in [1.54, 1.807) is 6.92 Å². The van der Waals surface area contributed by atoms with Crippen LogP contribution in [0, 0.1) is 6.92 Å². The average Bonchev–Trinajstić information content (AvgIpc) is 1.85. The van der Waals surface area contributed by atoms with Crippen LogP contribution >= 0.6 is 12.6 Å². The average molecular weight is 156 g/mol. The third kappa shape index (κ3) is 1.60. The molecule has 0 fully saturated rings. The lowest BCUT2D eigenvalue weighted by atomic mass is 10.4. The van der Waals surface area contributed by atoms with Gasteiger partial charge in [-0.3, -0.25) is 0 Å². The van der Waals surface area contributed by atoms with Gasteiger partial charge in [0.2, 0.25) is 5.88 Å². The number of hydrogen-bond acceptors (Lipinski definition) is 4. The topological polar surface area (TPSA) is 46.0 Å². The van der Waals surface area contributed by atoms with Crippen molar-refractivity contribution in [3.8, 4) is 5.88 Å². The van der Waals surface area contributed by atoms with E-state index in [-0.39, 0.29) is 5.88 Å². The lowest BCUT2D eigenvalue weighted by molar-refractivity contribution is 0.449. The third-order valence-electron chi connectivity index (χ3n) is 1.03. The molecule has 3 nitrogen and oxygen atoms in total. The molecule has 0 aromatic carbocycles. The maximum absolute atomic E-state index is 8.94. The second-order valence-electron chi connectivity index (χ2n) is 1.94. The van der Waals surface area contributed by atoms with Crippen molar-refractivity contribution in [3.63, 3.8) is 0 Å². The minimum absolute atomic E-state index is 0.0107. The van der Waals surface area contributed by atoms with E-state index >= 15 is 0 Å². The zero-order valence-electron chi connectivity index (χ0n) is 5.57. The molecule has 0 amide bonds. The number of rotatable bonds is 1. The molecule has 0 radical (unpaired) electrons. The molecule has 1 N–H and O–H groups in total. The van der Waals surface area contributed by atoms with Crippen molar-refractivity contribution in [3.05, 3.63) is 17.6 Å². The Bertz CT molecular complexity index is 219. The minimum atomic E-state index is 0.0107. The fraction of sp³-hybridized carbons (Fsp3) is 0.333. The monoisotopic (exact) mass is 156 g/mol. The van der Waals surface area contributed by atoms with Crippen LogP contribution in [-0.2, 0) is 5.75 Å². The molecule has 0 spiro atoms. The predicted octanol–water partition coefficient (Wildman–Crippen LogP) is 0.920. The van der Waals surface area contributed by atoms with Crippen molar-refractivity contribution in [2.24, 2.45) is 0 Å². The SMILES string of the molecule is Cc1cc(O)nc(CS)n1. The fourth-order valence-electron chi connectivity index (χ4n) is 0.683. The molecule has 0 bridgehead atoms. The van der Waals surface area contributed by atoms with Crippen LogP contribution in [0.4, 0.5) is 0 Å². The van der Waals surface area contributed by atoms with E-state index in [0.29, 0.717) is 11.6 Å². The van der Waals surface area contributed by atoms with Crippen LogP contribution in [0.3, 0.4) is 0 Å². The van der Waals surface area contributed by atoms with Gasteiger partial charge < -0.3 is 5.11 Å². The lowest BCUT2D eigenvalue weighted by Crippen LogP contribution is -1.92. The zero-order chi connectivity index (χ0) is 7.56. The van der Waals surface area contributed by atoms with Gasteiger partial charge >= 0.3 is 0 Å². The molecule has 0 aliphatic heterocycles. The molecule has 10 heavy (non-hydrogen) atoms. The van der Waals surface area contributed by atoms with E-state index in [4.69, 9.17) is 5.11 Å². The molecule has 0 saturated carbocycles. The van der Waals surface area contributed by atoms with E-state index in [9.17, 15) is 0 Å². The van der Waals surface area contributed by atoms with Gasteiger partial charge in [-0.25, -0.2) is 4.98 Å². The molecular formula is C6H8N2OS. The van der Waals surface area contributed by atoms with Gasteiger partial charge in [0, 0.05) is 11.8 Å². The van der Waals surface area contributed by atoms with Gasteiger partial charge in [0.05, 0.1) is 5.75 Å². The van der Waals surface area contributed by atoms with Gasteiger partial charge in [-0.1, -0.05) is 0 Å². The smallest absolute Gasteiger partial charge is 0.214 e. The minimum Gasteiger partial charge on any atom is -0.493 e. The van der Waals surface area contributed by atoms with Gasteiger partial charge in [-0.15, -0.1) is 0 Å². The summed E-state index contributed by atoms with van der Waals surface area (Å²) in [7, 11) is 0. The number of thiol groups is 1. The first-order valence-corrected chi connectivity index (χ1v) is 3.50. The van der Waals surface area contributed by atoms with Gasteiger partial charge in [0.15, 0.2) is 0 Å². The van der Waals surface area contributed by atoms with Gasteiger partial charge in [-0.05, 0) is 6.92 Å². The highest BCUT2D eigenvalue weighted by molar-refractivity contribution is 7.79. The Morgan fingerprint density at radius 2 is 2.30 bits per heavy atom. The standard InChI is InChI=1S/C6H8N2OS/c1-4-2-6(9)8-5(3-10)7-4/h2,10H,3H2,1H3,(H,7,8,9). The number of hydrogen-bond donors (Lipinski definition) is 2. The summed E-state index contributed by atoms with van der Waals surface area (Å²) in [4.78, 5) is 7.73. The summed E-state index contributed by atoms with van der Waals surface area (Å²) in [6.45, 7) is 1.80. The molecule has 1 rings (SSSR count). The summed E-state index contributed by atoms with van der Waals surface area (Å²) in [5.41, 5.74) is 0.761. The second kappa shape index (κ2) is 2.88. The largest absolute Gasteiger partial charge is 0.493 e. The van der Waals surface area contributed by atoms with Crippen LogP contribution in [0.25, 0.3) is 0 Å². The van der Waals surface area contributed by atoms with E-state index in [2.05, 4.69) is 22.6 Å². The molecule has 0 unspecified atom stereocenters. The summed E-state index contributed by atoms with van der Waals surface area (Å²) >= 11 is 3.97. The number of aromatic hydroxyl groups is 1. The Kier molecular flexibility index (Phi) is 2.11. The highest BCUT2D eigenvalue weighted by Gasteiger charge is 1.96. The number of nitrogens with zero attached hydrogens (tertiary/aromatic N) is 2. The highest BCUT2D eigenvalue weighted by atomic mass is 32.1. The molecule has 0 atom stereocenters. The van der Waals surface area contributed by atoms with Gasteiger partial charge in [0.1, 0.15) is 5.82 Å². The Morgan fingerprint density at radius 3 is 2.80 bits per heavy atom. The quantitative estimate of drug-likeness (QED) is 0.594. The third-order valence-corrected chi connectivity index (χ3v) is 1.31. The molecular weight excluding hydrogens is 148 g/mol. The molecule has 0 saturated heterocycles. The predicted molar refractivity (Wildman–Crippen MR) is 41.1 cm³/mol. The van der Waals surface area contributed by atoms with Crippen molar-refractivity contribution in [2.75, 3.05) is 0 Å². The van der Waals surface area contributed by atoms with Gasteiger partial charge in [-0.2, -0.15) is 17.6 Å². The molecule has 1 aromatic rings. The van der Waals surface area contributed by atoms with Crippen LogP contribution in [0.15, 0.2) is 6.07 Å². The Morgan fingerprint density at radius 1 is 1.60 bits per heavy atom. The van der Waals surface area contributed by atoms with Gasteiger partial charge in [0.25, 0.3) is 0 Å². The molecule has 0 aliphatic carbocycles. The molecule has 4 heteroatoms. The van der Waals surface area contributed by atoms with E-state index in [1.165, 1.54) is 6.07 Å². The van der Waals surface area contributed by atoms with Crippen molar-refractivity contribution >= 4 is 12.6 Å². The second-order valence-corrected chi connectivity index (χ2v) is 2.26. The first-order chi connectivity index (χ1) is 4.72. The first-order valence-electron chi connectivity index (χ1n) is 2.87. The first kappa shape index (κ1) is 7.34. The van der Waals surface area contributed by atoms with E-state index in [0.717, 1.165) is 5.69 Å². The van der Waals surface area contributed by atoms with Crippen molar-refractivity contribution in [1.82, 2.24) is 9.97 Å². The van der Waals surface area contributed by atoms with Crippen LogP contribution in [0.5, 0.6) is 5.88 Å². The Hall–Kier alpha value is -0.770. The highest BCUT2D eigenvalue weighted by Crippen LogP contribution is 2.06. The summed E-state index contributed by atoms with van der Waals surface area (Å²) in [6.07, 6.45) is 0. The number of aryl methyl sites for hydroxylation is 1. The molecule has 54 valence electrons. The van der Waals surface area contributed by atoms with Crippen LogP contribution in [0.2, 0.25) is 0 Å². The van der Waals surface area contributed by atoms with E-state index in [1.807, 2.05) is 0 Å². The van der Waals surface area contributed by atoms with Crippen LogP contribution in [0.1, 0.15) is 11.5 Å². The number of aromatic nitrogens is 2.